The Balaban J connectivity index is 1.89. The fraction of sp³-hybridized carbons (Fsp3) is 0.400. The Morgan fingerprint density at radius 2 is 1.84 bits per heavy atom. The number of ether oxygens (including phenoxy) is 1. The van der Waals surface area contributed by atoms with Crippen LogP contribution in [0.5, 0.6) is 0 Å². The van der Waals surface area contributed by atoms with Crippen LogP contribution in [0.15, 0.2) is 18.2 Å². The Labute approximate surface area is 110 Å². The first-order valence-corrected chi connectivity index (χ1v) is 6.66. The number of hydrogen-bond acceptors (Lipinski definition) is 4. The zero-order valence-electron chi connectivity index (χ0n) is 10.7. The lowest BCUT2D eigenvalue weighted by atomic mass is 10.00. The number of nitrogens with zero attached hydrogens (tertiary/aromatic N) is 2. The lowest BCUT2D eigenvalue weighted by Crippen LogP contribution is -2.06. The Morgan fingerprint density at radius 1 is 1.16 bits per heavy atom. The molecule has 0 amide bonds. The van der Waals surface area contributed by atoms with Crippen molar-refractivity contribution in [3.05, 3.63) is 35.2 Å². The van der Waals surface area contributed by atoms with Crippen molar-refractivity contribution in [2.24, 2.45) is 0 Å². The van der Waals surface area contributed by atoms with Crippen LogP contribution in [0.2, 0.25) is 0 Å². The van der Waals surface area contributed by atoms with Crippen LogP contribution in [-0.4, -0.2) is 23.0 Å². The van der Waals surface area contributed by atoms with E-state index in [1.807, 2.05) is 6.07 Å². The van der Waals surface area contributed by atoms with Crippen molar-refractivity contribution < 1.29 is 9.53 Å². The van der Waals surface area contributed by atoms with Gasteiger partial charge >= 0.3 is 5.97 Å². The second kappa shape index (κ2) is 3.76. The Bertz CT molecular complexity index is 696. The van der Waals surface area contributed by atoms with E-state index in [0.717, 1.165) is 16.7 Å². The number of aromatic nitrogens is 2. The average molecular weight is 254 g/mol. The van der Waals surface area contributed by atoms with Gasteiger partial charge in [-0.2, -0.15) is 0 Å². The number of carbonyl (C=O) groups is 1. The molecule has 2 aromatic rings. The summed E-state index contributed by atoms with van der Waals surface area (Å²) >= 11 is 0. The summed E-state index contributed by atoms with van der Waals surface area (Å²) in [5.41, 5.74) is 4.56. The molecule has 19 heavy (non-hydrogen) atoms. The lowest BCUT2D eigenvalue weighted by Gasteiger charge is -2.14. The molecule has 2 aliphatic carbocycles. The SMILES string of the molecule is COC(=O)c1ccc2nc3c(nc2c1)[C@@H]1CC[C@@H]3C1. The number of fused-ring (bicyclic) bond motifs is 6. The zero-order chi connectivity index (χ0) is 13.0. The molecule has 0 N–H and O–H groups in total. The van der Waals surface area contributed by atoms with Crippen molar-refractivity contribution in [2.75, 3.05) is 7.11 Å². The fourth-order valence-corrected chi connectivity index (χ4v) is 3.41. The van der Waals surface area contributed by atoms with Gasteiger partial charge in [0.15, 0.2) is 0 Å². The van der Waals surface area contributed by atoms with Gasteiger partial charge < -0.3 is 4.74 Å². The third-order valence-corrected chi connectivity index (χ3v) is 4.35. The van der Waals surface area contributed by atoms with Gasteiger partial charge in [-0.15, -0.1) is 0 Å². The highest BCUT2D eigenvalue weighted by molar-refractivity contribution is 5.93. The van der Waals surface area contributed by atoms with Crippen LogP contribution in [0.3, 0.4) is 0 Å². The zero-order valence-corrected chi connectivity index (χ0v) is 10.7. The van der Waals surface area contributed by atoms with Crippen molar-refractivity contribution in [3.8, 4) is 0 Å². The molecule has 1 heterocycles. The number of methoxy groups -OCH3 is 1. The molecule has 4 heteroatoms. The molecular weight excluding hydrogens is 240 g/mol. The molecule has 0 radical (unpaired) electrons. The van der Waals surface area contributed by atoms with E-state index < -0.39 is 0 Å². The molecule has 1 saturated carbocycles. The molecule has 96 valence electrons. The van der Waals surface area contributed by atoms with Crippen LogP contribution in [0.25, 0.3) is 11.0 Å². The van der Waals surface area contributed by atoms with Gasteiger partial charge in [0.25, 0.3) is 0 Å². The monoisotopic (exact) mass is 254 g/mol. The fourth-order valence-electron chi connectivity index (χ4n) is 3.41. The second-order valence-corrected chi connectivity index (χ2v) is 5.40. The number of benzene rings is 1. The van der Waals surface area contributed by atoms with E-state index in [1.165, 1.54) is 32.1 Å². The lowest BCUT2D eigenvalue weighted by molar-refractivity contribution is 0.0601. The summed E-state index contributed by atoms with van der Waals surface area (Å²) in [5, 5.41) is 0. The van der Waals surface area contributed by atoms with E-state index in [1.54, 1.807) is 12.1 Å². The Morgan fingerprint density at radius 3 is 2.53 bits per heavy atom. The second-order valence-electron chi connectivity index (χ2n) is 5.40. The third-order valence-electron chi connectivity index (χ3n) is 4.35. The van der Waals surface area contributed by atoms with Gasteiger partial charge in [-0.05, 0) is 37.5 Å². The summed E-state index contributed by atoms with van der Waals surface area (Å²) in [6, 6.07) is 5.39. The highest BCUT2D eigenvalue weighted by atomic mass is 16.5. The largest absolute Gasteiger partial charge is 0.465 e. The van der Waals surface area contributed by atoms with Gasteiger partial charge in [0.05, 0.1) is 35.1 Å². The minimum atomic E-state index is -0.328. The van der Waals surface area contributed by atoms with Gasteiger partial charge in [-0.25, -0.2) is 14.8 Å². The molecule has 2 atom stereocenters. The molecule has 1 aromatic carbocycles. The van der Waals surface area contributed by atoms with Crippen LogP contribution in [0.1, 0.15) is 52.8 Å². The van der Waals surface area contributed by atoms with Gasteiger partial charge in [-0.3, -0.25) is 0 Å². The Hall–Kier alpha value is -1.97. The number of carbonyl (C=O) groups excluding carboxylic acids is 1. The molecule has 0 unspecified atom stereocenters. The maximum atomic E-state index is 11.5. The summed E-state index contributed by atoms with van der Waals surface area (Å²) < 4.78 is 4.74. The normalized spacial score (nSPS) is 23.6. The minimum absolute atomic E-state index is 0.328. The summed E-state index contributed by atoms with van der Waals surface area (Å²) in [5.74, 6) is 0.863. The van der Waals surface area contributed by atoms with Crippen LogP contribution in [-0.2, 0) is 4.74 Å². The van der Waals surface area contributed by atoms with Crippen molar-refractivity contribution in [2.45, 2.75) is 31.1 Å². The van der Waals surface area contributed by atoms with Gasteiger partial charge in [0.1, 0.15) is 0 Å². The van der Waals surface area contributed by atoms with Crippen LogP contribution in [0.4, 0.5) is 0 Å². The van der Waals surface area contributed by atoms with E-state index >= 15 is 0 Å². The predicted molar refractivity (Wildman–Crippen MR) is 70.2 cm³/mol. The maximum absolute atomic E-state index is 11.5. The third kappa shape index (κ3) is 1.49. The van der Waals surface area contributed by atoms with Crippen molar-refractivity contribution in [3.63, 3.8) is 0 Å². The number of hydrogen-bond donors (Lipinski definition) is 0. The van der Waals surface area contributed by atoms with E-state index in [0.29, 0.717) is 17.4 Å². The van der Waals surface area contributed by atoms with E-state index in [9.17, 15) is 4.79 Å². The smallest absolute Gasteiger partial charge is 0.337 e. The molecular formula is C15H14N2O2. The highest BCUT2D eigenvalue weighted by Crippen LogP contribution is 2.51. The topological polar surface area (TPSA) is 52.1 Å². The van der Waals surface area contributed by atoms with Gasteiger partial charge in [0, 0.05) is 11.8 Å². The highest BCUT2D eigenvalue weighted by Gasteiger charge is 2.39. The summed E-state index contributed by atoms with van der Waals surface area (Å²) in [6.45, 7) is 0. The molecule has 2 bridgehead atoms. The van der Waals surface area contributed by atoms with Crippen LogP contribution in [0, 0.1) is 0 Å². The maximum Gasteiger partial charge on any atom is 0.337 e. The standard InChI is InChI=1S/C15H14N2O2/c1-19-15(18)10-4-5-11-12(7-10)17-14-9-3-2-8(6-9)13(14)16-11/h4-5,7-9H,2-3,6H2,1H3/t8-,9-/m1/s1. The first-order chi connectivity index (χ1) is 9.26. The molecule has 1 fully saturated rings. The van der Waals surface area contributed by atoms with E-state index in [2.05, 4.69) is 0 Å². The first-order valence-electron chi connectivity index (χ1n) is 6.66. The Kier molecular flexibility index (Phi) is 2.16. The molecule has 4 nitrogen and oxygen atoms in total. The van der Waals surface area contributed by atoms with Crippen LogP contribution < -0.4 is 0 Å². The van der Waals surface area contributed by atoms with Crippen molar-refractivity contribution in [1.82, 2.24) is 9.97 Å². The average Bonchev–Trinajstić information content (AvgIpc) is 3.05. The molecule has 0 spiro atoms. The molecule has 0 aliphatic heterocycles. The first kappa shape index (κ1) is 10.9. The van der Waals surface area contributed by atoms with Crippen molar-refractivity contribution in [1.29, 1.82) is 0 Å². The summed E-state index contributed by atoms with van der Waals surface area (Å²) in [4.78, 5) is 21.0. The summed E-state index contributed by atoms with van der Waals surface area (Å²) in [7, 11) is 1.39. The van der Waals surface area contributed by atoms with Crippen molar-refractivity contribution >= 4 is 17.0 Å². The van der Waals surface area contributed by atoms with E-state index in [4.69, 9.17) is 14.7 Å². The predicted octanol–water partition coefficient (Wildman–Crippen LogP) is 2.78. The quantitative estimate of drug-likeness (QED) is 0.734. The molecule has 0 saturated heterocycles. The van der Waals surface area contributed by atoms with E-state index in [-0.39, 0.29) is 5.97 Å². The molecule has 2 aliphatic rings. The summed E-state index contributed by atoms with van der Waals surface area (Å²) in [6.07, 6.45) is 3.68. The van der Waals surface area contributed by atoms with Crippen LogP contribution >= 0.6 is 0 Å². The minimum Gasteiger partial charge on any atom is -0.465 e. The van der Waals surface area contributed by atoms with Gasteiger partial charge in [0.2, 0.25) is 0 Å². The number of rotatable bonds is 1. The number of esters is 1. The molecule has 1 aromatic heterocycles. The molecule has 4 rings (SSSR count). The van der Waals surface area contributed by atoms with Gasteiger partial charge in [-0.1, -0.05) is 0 Å².